The number of Topliss-reactive ketones (excluding diaryl/α,β-unsaturated/α-hetero) is 2. The third-order valence-corrected chi connectivity index (χ3v) is 17.3. The fourth-order valence-corrected chi connectivity index (χ4v) is 10.3. The third-order valence-electron chi connectivity index (χ3n) is 13.1. The summed E-state index contributed by atoms with van der Waals surface area (Å²) in [7, 11) is 7.36. The van der Waals surface area contributed by atoms with Crippen molar-refractivity contribution in [3.63, 3.8) is 0 Å². The number of phenolic OH excluding ortho intramolecular Hbond substituents is 1. The lowest BCUT2D eigenvalue weighted by molar-refractivity contribution is -0.136. The van der Waals surface area contributed by atoms with Crippen molar-refractivity contribution < 1.29 is 57.3 Å². The van der Waals surface area contributed by atoms with E-state index in [1.165, 1.54) is 7.14 Å². The summed E-state index contributed by atoms with van der Waals surface area (Å²) in [5.74, 6) is -0.534. The summed E-state index contributed by atoms with van der Waals surface area (Å²) in [5, 5.41) is 37.0. The smallest absolute Gasteiger partial charge is 0.323 e. The van der Waals surface area contributed by atoms with Gasteiger partial charge in [-0.1, -0.05) is 106 Å². The number of carbonyl (C=O) groups excluding carboxylic acids is 3. The van der Waals surface area contributed by atoms with Crippen molar-refractivity contribution in [1.82, 2.24) is 14.4 Å². The number of hydrogen-bond donors (Lipinski definition) is 3. The maximum absolute atomic E-state index is 11.7. The van der Waals surface area contributed by atoms with E-state index in [4.69, 9.17) is 63.0 Å². The molecule has 3 N–H and O–H groups in total. The van der Waals surface area contributed by atoms with Crippen molar-refractivity contribution in [3.05, 3.63) is 250 Å². The van der Waals surface area contributed by atoms with Gasteiger partial charge in [-0.3, -0.25) is 27.9 Å². The van der Waals surface area contributed by atoms with Gasteiger partial charge in [0.1, 0.15) is 17.5 Å². The molecule has 1 fully saturated rings. The van der Waals surface area contributed by atoms with Crippen LogP contribution in [0.5, 0.6) is 11.6 Å². The van der Waals surface area contributed by atoms with E-state index in [-0.39, 0.29) is 73.9 Å². The Morgan fingerprint density at radius 1 is 0.696 bits per heavy atom. The van der Waals surface area contributed by atoms with Crippen LogP contribution in [0.25, 0.3) is 22.4 Å². The van der Waals surface area contributed by atoms with Gasteiger partial charge in [-0.15, -0.1) is 0 Å². The number of aliphatic carboxylic acids is 1. The first-order valence-corrected chi connectivity index (χ1v) is 39.3. The van der Waals surface area contributed by atoms with E-state index in [0.29, 0.717) is 55.7 Å². The van der Waals surface area contributed by atoms with Crippen molar-refractivity contribution in [2.75, 3.05) is 13.2 Å². The minimum atomic E-state index is -1.67. The van der Waals surface area contributed by atoms with Crippen LogP contribution in [0.2, 0.25) is 0 Å². The number of benzene rings is 7. The Balaban J connectivity index is 0.000000634. The predicted octanol–water partition coefficient (Wildman–Crippen LogP) is 20.0. The van der Waals surface area contributed by atoms with Crippen molar-refractivity contribution >= 4 is 202 Å². The SMILES string of the molecule is C.C.CC(C)(C)OCl.CCOC(C)C(=O)Cc1ccc(I)cc1.N#CCC1CCCO1.O=C(Cl)Cc1ccc(I)cc1.O=C(O)Cc1ccc(I)cc1.O=S(Cl)Cl.Oc1ccc(-c2cn3c(O)c(Cc4ccc(I)cc4)nc3c(Cc3ccccc3)n2)cc1.[N-]=[N+]=CC(=O)Cc1ccc(I)cc1. The zero-order chi connectivity index (χ0) is 74.2. The molecule has 17 nitrogen and oxygen atoms in total. The van der Waals surface area contributed by atoms with Crippen molar-refractivity contribution in [1.29, 1.82) is 5.26 Å². The van der Waals surface area contributed by atoms with Crippen LogP contribution in [0.4, 0.5) is 0 Å². The molecule has 1 saturated heterocycles. The van der Waals surface area contributed by atoms with Gasteiger partial charge >= 0.3 is 12.2 Å². The number of nitrogens with zero attached hydrogens (tertiary/aromatic N) is 6. The highest BCUT2D eigenvalue weighted by Gasteiger charge is 2.19. The van der Waals surface area contributed by atoms with Gasteiger partial charge in [0, 0.05) is 96.3 Å². The van der Waals surface area contributed by atoms with E-state index in [9.17, 15) is 29.4 Å². The molecule has 0 spiro atoms. The minimum absolute atomic E-state index is 0. The number of ether oxygens (including phenoxy) is 2. The molecule has 9 aromatic rings. The number of carboxylic acid groups (broad SMARTS) is 1. The van der Waals surface area contributed by atoms with Gasteiger partial charge in [0.25, 0.3) is 0 Å². The molecular formula is C75H81Cl4I5N6O11S. The van der Waals surface area contributed by atoms with E-state index in [1.54, 1.807) is 29.7 Å². The molecule has 0 bridgehead atoms. The second-order valence-electron chi connectivity index (χ2n) is 22.3. The number of nitriles is 1. The number of rotatable bonds is 18. The Morgan fingerprint density at radius 2 is 1.12 bits per heavy atom. The Kier molecular flexibility index (Phi) is 49.2. The molecule has 7 aromatic carbocycles. The largest absolute Gasteiger partial charge is 0.508 e. The molecule has 27 heteroatoms. The quantitative estimate of drug-likeness (QED) is 0.0237. The molecule has 2 unspecified atom stereocenters. The van der Waals surface area contributed by atoms with Crippen molar-refractivity contribution in [2.24, 2.45) is 0 Å². The number of fused-ring (bicyclic) bond motifs is 1. The molecule has 0 amide bonds. The lowest BCUT2D eigenvalue weighted by Crippen LogP contribution is -2.22. The molecule has 546 valence electrons. The second-order valence-corrected chi connectivity index (χ2v) is 31.6. The number of phenols is 1. The fourth-order valence-electron chi connectivity index (χ4n) is 8.39. The van der Waals surface area contributed by atoms with Gasteiger partial charge in [-0.25, -0.2) is 14.2 Å². The van der Waals surface area contributed by atoms with E-state index in [2.05, 4.69) is 174 Å². The monoisotopic (exact) mass is 2050 g/mol. The number of carbonyl (C=O) groups is 4. The van der Waals surface area contributed by atoms with Crippen molar-refractivity contribution in [3.8, 4) is 29.0 Å². The van der Waals surface area contributed by atoms with Crippen molar-refractivity contribution in [2.45, 2.75) is 125 Å². The number of imidazole rings is 1. The first-order valence-electron chi connectivity index (χ1n) is 30.4. The lowest BCUT2D eigenvalue weighted by atomic mass is 10.1. The Morgan fingerprint density at radius 3 is 1.52 bits per heavy atom. The Hall–Kier alpha value is -5.05. The van der Waals surface area contributed by atoms with Crippen LogP contribution in [-0.4, -0.2) is 98.7 Å². The summed E-state index contributed by atoms with van der Waals surface area (Å²) >= 11 is 21.3. The normalized spacial score (nSPS) is 11.8. The summed E-state index contributed by atoms with van der Waals surface area (Å²) in [6.45, 7) is 10.8. The minimum Gasteiger partial charge on any atom is -0.508 e. The van der Waals surface area contributed by atoms with Crippen LogP contribution >= 0.6 is 158 Å². The predicted molar refractivity (Wildman–Crippen MR) is 453 cm³/mol. The van der Waals surface area contributed by atoms with Crippen LogP contribution in [0, 0.1) is 29.2 Å². The molecule has 2 atom stereocenters. The van der Waals surface area contributed by atoms with Gasteiger partial charge in [-0.2, -0.15) is 10.1 Å². The van der Waals surface area contributed by atoms with Crippen LogP contribution in [-0.2, 0) is 80.7 Å². The highest BCUT2D eigenvalue weighted by atomic mass is 127. The number of aromatic hydroxyl groups is 2. The molecule has 0 aliphatic carbocycles. The molecule has 0 saturated carbocycles. The van der Waals surface area contributed by atoms with Gasteiger partial charge < -0.3 is 30.3 Å². The number of hydrogen-bond acceptors (Lipinski definition) is 13. The topological polar surface area (TPSA) is 264 Å². The highest BCUT2D eigenvalue weighted by Crippen LogP contribution is 2.29. The number of carboxylic acids is 1. The molecule has 102 heavy (non-hydrogen) atoms. The maximum Gasteiger partial charge on any atom is 0.323 e. The van der Waals surface area contributed by atoms with E-state index < -0.39 is 15.2 Å². The molecule has 10 rings (SSSR count). The summed E-state index contributed by atoms with van der Waals surface area (Å²) in [6.07, 6.45) is 7.73. The Bertz CT molecular complexity index is 4010. The second kappa shape index (κ2) is 52.8. The molecule has 1 aliphatic heterocycles. The lowest BCUT2D eigenvalue weighted by Gasteiger charge is -2.10. The molecular weight excluding hydrogens is 1970 g/mol. The van der Waals surface area contributed by atoms with E-state index in [1.807, 2.05) is 167 Å². The van der Waals surface area contributed by atoms with E-state index >= 15 is 0 Å². The average molecular weight is 2050 g/mol. The van der Waals surface area contributed by atoms with Gasteiger partial charge in [-0.05, 0) is 290 Å². The molecule has 2 aromatic heterocycles. The number of aromatic nitrogens is 3. The number of halogens is 9. The zero-order valence-electron chi connectivity index (χ0n) is 54.9. The molecule has 1 aliphatic rings. The maximum atomic E-state index is 11.7. The standard InChI is InChI=1S/C26H20IN3O2.C12H15IO2.C9H7IN2O.C8H6ClIO.C8H7IO2.C6H9NO.C4H9ClO.2CH4.Cl2OS/c27-20-10-6-18(7-11-20)15-23-26(32)30-16-24(19-8-12-21(31)13-9-19)28-22(25(30)29-23)14-17-4-2-1-3-5-17;1-3-15-9(2)12(14)8-10-4-6-11(13)7-5-10;10-8-3-1-7(2-4-8)5-9(13)6-12-11;9-8(11)5-6-1-3-7(10)4-2-6;9-7-3-1-6(2-4-7)5-8(10)11;7-4-3-6-2-1-5-8-6;1-4(2,3)6-5;;;1-4(2)3/h1-13,16,31-32H,14-15H2;4-7,9H,3,8H2,1-2H3;1-4,6H,5H2;1-4H,5H2;1-4H,5H2,(H,10,11);6H,1-3,5H2;1-3H3;2*1H4;. The molecule has 0 radical (unpaired) electrons. The van der Waals surface area contributed by atoms with Crippen LogP contribution in [0.15, 0.2) is 182 Å². The fraction of sp³-hybridized carbons (Fsp3) is 0.280. The zero-order valence-corrected chi connectivity index (χ0v) is 69.6. The first-order chi connectivity index (χ1) is 47.5. The summed E-state index contributed by atoms with van der Waals surface area (Å²) in [4.78, 5) is 55.7. The third kappa shape index (κ3) is 41.6. The summed E-state index contributed by atoms with van der Waals surface area (Å²) < 4.78 is 31.4. The average Bonchev–Trinajstić information content (AvgIpc) is 1.60. The highest BCUT2D eigenvalue weighted by molar-refractivity contribution is 14.1. The van der Waals surface area contributed by atoms with E-state index in [0.717, 1.165) is 81.0 Å². The first kappa shape index (κ1) is 95.0. The van der Waals surface area contributed by atoms with Crippen LogP contribution in [0.3, 0.4) is 0 Å². The van der Waals surface area contributed by atoms with Crippen LogP contribution < -0.4 is 0 Å². The number of ketones is 2. The Labute approximate surface area is 688 Å². The van der Waals surface area contributed by atoms with Crippen LogP contribution in [0.1, 0.15) is 114 Å². The van der Waals surface area contributed by atoms with Gasteiger partial charge in [0.05, 0.1) is 53.9 Å². The van der Waals surface area contributed by atoms with Gasteiger partial charge in [0.15, 0.2) is 11.4 Å². The summed E-state index contributed by atoms with van der Waals surface area (Å²) in [5.41, 5.74) is 17.5. The molecule has 3 heterocycles. The summed E-state index contributed by atoms with van der Waals surface area (Å²) in [6, 6.07) is 58.1. The van der Waals surface area contributed by atoms with Gasteiger partial charge in [0.2, 0.25) is 26.1 Å².